The summed E-state index contributed by atoms with van der Waals surface area (Å²) in [5, 5.41) is 8.12. The molecule has 1 aliphatic rings. The van der Waals surface area contributed by atoms with Crippen LogP contribution in [0.25, 0.3) is 0 Å². The van der Waals surface area contributed by atoms with Gasteiger partial charge >= 0.3 is 0 Å². The molecule has 1 aliphatic carbocycles. The first-order chi connectivity index (χ1) is 9.30. The second kappa shape index (κ2) is 6.94. The number of nitrogens with one attached hydrogen (secondary N) is 1. The summed E-state index contributed by atoms with van der Waals surface area (Å²) in [6.45, 7) is 6.29. The summed E-state index contributed by atoms with van der Waals surface area (Å²) in [4.78, 5) is 0. The van der Waals surface area contributed by atoms with Gasteiger partial charge in [0.15, 0.2) is 5.75 Å². The summed E-state index contributed by atoms with van der Waals surface area (Å²) in [6.07, 6.45) is 8.38. The van der Waals surface area contributed by atoms with Gasteiger partial charge in [-0.2, -0.15) is 5.10 Å². The smallest absolute Gasteiger partial charge is 0.161 e. The van der Waals surface area contributed by atoms with Gasteiger partial charge in [-0.1, -0.05) is 26.2 Å². The molecule has 1 atom stereocenters. The molecule has 0 amide bonds. The Morgan fingerprint density at radius 2 is 2.26 bits per heavy atom. The van der Waals surface area contributed by atoms with E-state index in [1.165, 1.54) is 31.4 Å². The van der Waals surface area contributed by atoms with E-state index in [1.54, 1.807) is 7.11 Å². The van der Waals surface area contributed by atoms with Crippen LogP contribution in [0.3, 0.4) is 0 Å². The lowest BCUT2D eigenvalue weighted by Crippen LogP contribution is -2.29. The van der Waals surface area contributed by atoms with Crippen LogP contribution in [0, 0.1) is 5.92 Å². The molecule has 0 aliphatic heterocycles. The third-order valence-corrected chi connectivity index (χ3v) is 4.13. The Balaban J connectivity index is 2.16. The first kappa shape index (κ1) is 14.4. The molecule has 1 fully saturated rings. The number of nitrogens with zero attached hydrogens (tertiary/aromatic N) is 2. The summed E-state index contributed by atoms with van der Waals surface area (Å²) < 4.78 is 7.57. The third kappa shape index (κ3) is 3.30. The van der Waals surface area contributed by atoms with Crippen LogP contribution in [0.15, 0.2) is 6.20 Å². The van der Waals surface area contributed by atoms with Gasteiger partial charge in [0.05, 0.1) is 25.0 Å². The van der Waals surface area contributed by atoms with Crippen LogP contribution < -0.4 is 10.1 Å². The molecule has 4 heteroatoms. The Morgan fingerprint density at radius 1 is 1.47 bits per heavy atom. The number of aromatic nitrogens is 2. The Kier molecular flexibility index (Phi) is 5.25. The molecular weight excluding hydrogens is 238 g/mol. The zero-order chi connectivity index (χ0) is 13.7. The molecule has 0 spiro atoms. The van der Waals surface area contributed by atoms with E-state index in [-0.39, 0.29) is 0 Å². The Bertz CT molecular complexity index is 363. The Morgan fingerprint density at radius 3 is 2.79 bits per heavy atom. The van der Waals surface area contributed by atoms with Crippen LogP contribution in [-0.4, -0.2) is 23.4 Å². The van der Waals surface area contributed by atoms with Gasteiger partial charge in [-0.05, 0) is 32.2 Å². The zero-order valence-corrected chi connectivity index (χ0v) is 12.5. The van der Waals surface area contributed by atoms with Crippen molar-refractivity contribution in [3.63, 3.8) is 0 Å². The van der Waals surface area contributed by atoms with E-state index in [1.807, 2.05) is 6.20 Å². The molecule has 0 bridgehead atoms. The first-order valence-electron chi connectivity index (χ1n) is 7.63. The van der Waals surface area contributed by atoms with E-state index in [0.717, 1.165) is 31.2 Å². The first-order valence-corrected chi connectivity index (χ1v) is 7.63. The molecule has 1 aromatic heterocycles. The van der Waals surface area contributed by atoms with Gasteiger partial charge in [-0.15, -0.1) is 0 Å². The van der Waals surface area contributed by atoms with Crippen LogP contribution in [-0.2, 0) is 6.54 Å². The van der Waals surface area contributed by atoms with Crippen molar-refractivity contribution in [2.45, 2.75) is 58.5 Å². The van der Waals surface area contributed by atoms with Crippen molar-refractivity contribution in [3.05, 3.63) is 11.9 Å². The van der Waals surface area contributed by atoms with Gasteiger partial charge in [-0.3, -0.25) is 4.68 Å². The molecule has 2 rings (SSSR count). The van der Waals surface area contributed by atoms with Crippen molar-refractivity contribution in [1.82, 2.24) is 15.1 Å². The average Bonchev–Trinajstić information content (AvgIpc) is 2.79. The number of aryl methyl sites for hydroxylation is 1. The summed E-state index contributed by atoms with van der Waals surface area (Å²) in [5.74, 6) is 1.80. The fraction of sp³-hybridized carbons (Fsp3) is 0.800. The molecule has 0 saturated heterocycles. The van der Waals surface area contributed by atoms with Crippen molar-refractivity contribution < 1.29 is 4.74 Å². The quantitative estimate of drug-likeness (QED) is 0.785. The topological polar surface area (TPSA) is 39.1 Å². The summed E-state index contributed by atoms with van der Waals surface area (Å²) in [7, 11) is 1.74. The molecule has 0 aromatic carbocycles. The van der Waals surface area contributed by atoms with Gasteiger partial charge in [0.25, 0.3) is 0 Å². The maximum Gasteiger partial charge on any atom is 0.161 e. The summed E-state index contributed by atoms with van der Waals surface area (Å²) in [5.41, 5.74) is 1.23. The Labute approximate surface area is 116 Å². The van der Waals surface area contributed by atoms with E-state index in [4.69, 9.17) is 4.74 Å². The number of rotatable bonds is 8. The van der Waals surface area contributed by atoms with Gasteiger partial charge in [0.1, 0.15) is 0 Å². The zero-order valence-electron chi connectivity index (χ0n) is 12.5. The highest BCUT2D eigenvalue weighted by molar-refractivity contribution is 5.28. The SMILES string of the molecule is CCCNC(CC1CCC1)c1c(OC)cnn1CC. The number of hydrogen-bond donors (Lipinski definition) is 1. The fourth-order valence-electron chi connectivity index (χ4n) is 2.81. The molecule has 1 saturated carbocycles. The molecule has 1 aromatic rings. The predicted molar refractivity (Wildman–Crippen MR) is 77.4 cm³/mol. The van der Waals surface area contributed by atoms with Crippen molar-refractivity contribution in [3.8, 4) is 5.75 Å². The predicted octanol–water partition coefficient (Wildman–Crippen LogP) is 3.14. The average molecular weight is 265 g/mol. The van der Waals surface area contributed by atoms with Crippen molar-refractivity contribution in [1.29, 1.82) is 0 Å². The molecule has 108 valence electrons. The highest BCUT2D eigenvalue weighted by Crippen LogP contribution is 2.37. The molecule has 19 heavy (non-hydrogen) atoms. The second-order valence-corrected chi connectivity index (χ2v) is 5.45. The van der Waals surface area contributed by atoms with Crippen LogP contribution in [0.4, 0.5) is 0 Å². The van der Waals surface area contributed by atoms with Crippen LogP contribution in [0.1, 0.15) is 57.7 Å². The summed E-state index contributed by atoms with van der Waals surface area (Å²) in [6, 6.07) is 0.377. The van der Waals surface area contributed by atoms with Crippen molar-refractivity contribution in [2.75, 3.05) is 13.7 Å². The molecular formula is C15H27N3O. The molecule has 1 unspecified atom stereocenters. The normalized spacial score (nSPS) is 17.2. The van der Waals surface area contributed by atoms with E-state index < -0.39 is 0 Å². The minimum Gasteiger partial charge on any atom is -0.493 e. The maximum atomic E-state index is 5.50. The van der Waals surface area contributed by atoms with Gasteiger partial charge in [0, 0.05) is 6.54 Å². The lowest BCUT2D eigenvalue weighted by atomic mass is 9.80. The molecule has 0 radical (unpaired) electrons. The lowest BCUT2D eigenvalue weighted by molar-refractivity contribution is 0.253. The summed E-state index contributed by atoms with van der Waals surface area (Å²) >= 11 is 0. The monoisotopic (exact) mass is 265 g/mol. The van der Waals surface area contributed by atoms with E-state index >= 15 is 0 Å². The van der Waals surface area contributed by atoms with E-state index in [0.29, 0.717) is 6.04 Å². The standard InChI is InChI=1S/C15H27N3O/c1-4-9-16-13(10-12-7-6-8-12)15-14(19-3)11-17-18(15)5-2/h11-13,16H,4-10H2,1-3H3. The van der Waals surface area contributed by atoms with Crippen LogP contribution in [0.2, 0.25) is 0 Å². The number of ether oxygens (including phenoxy) is 1. The minimum absolute atomic E-state index is 0.377. The van der Waals surface area contributed by atoms with Crippen LogP contribution in [0.5, 0.6) is 5.75 Å². The molecule has 1 N–H and O–H groups in total. The van der Waals surface area contributed by atoms with Crippen molar-refractivity contribution >= 4 is 0 Å². The van der Waals surface area contributed by atoms with E-state index in [9.17, 15) is 0 Å². The minimum atomic E-state index is 0.377. The molecule has 4 nitrogen and oxygen atoms in total. The van der Waals surface area contributed by atoms with Crippen LogP contribution >= 0.6 is 0 Å². The number of hydrogen-bond acceptors (Lipinski definition) is 3. The van der Waals surface area contributed by atoms with Gasteiger partial charge in [0.2, 0.25) is 0 Å². The second-order valence-electron chi connectivity index (χ2n) is 5.45. The molecule has 1 heterocycles. The third-order valence-electron chi connectivity index (χ3n) is 4.13. The Hall–Kier alpha value is -1.03. The van der Waals surface area contributed by atoms with E-state index in [2.05, 4.69) is 28.9 Å². The maximum absolute atomic E-state index is 5.50. The lowest BCUT2D eigenvalue weighted by Gasteiger charge is -2.30. The number of methoxy groups -OCH3 is 1. The highest BCUT2D eigenvalue weighted by atomic mass is 16.5. The van der Waals surface area contributed by atoms with Gasteiger partial charge in [-0.25, -0.2) is 0 Å². The van der Waals surface area contributed by atoms with Crippen molar-refractivity contribution in [2.24, 2.45) is 5.92 Å². The van der Waals surface area contributed by atoms with Gasteiger partial charge < -0.3 is 10.1 Å². The largest absolute Gasteiger partial charge is 0.493 e. The fourth-order valence-corrected chi connectivity index (χ4v) is 2.81. The highest BCUT2D eigenvalue weighted by Gasteiger charge is 2.27.